The van der Waals surface area contributed by atoms with Gasteiger partial charge in [0.25, 0.3) is 5.91 Å². The fraction of sp³-hybridized carbons (Fsp3) is 0.308. The van der Waals surface area contributed by atoms with Crippen LogP contribution in [0.1, 0.15) is 41.6 Å². The fourth-order valence-corrected chi connectivity index (χ4v) is 4.04. The number of aliphatic hydroxyl groups is 1. The highest BCUT2D eigenvalue weighted by Crippen LogP contribution is 2.29. The van der Waals surface area contributed by atoms with E-state index in [1.807, 2.05) is 42.5 Å². The molecule has 6 nitrogen and oxygen atoms in total. The number of rotatable bonds is 7. The maximum absolute atomic E-state index is 13.9. The predicted molar refractivity (Wildman–Crippen MR) is 132 cm³/mol. The number of nitrogens with one attached hydrogen (secondary N) is 1. The number of pyridine rings is 1. The number of hydrogen-bond acceptors (Lipinski definition) is 5. The van der Waals surface area contributed by atoms with Crippen LogP contribution in [0, 0.1) is 5.82 Å². The van der Waals surface area contributed by atoms with Gasteiger partial charge in [0, 0.05) is 18.7 Å². The van der Waals surface area contributed by atoms with Gasteiger partial charge in [-0.2, -0.15) is 0 Å². The Hall–Kier alpha value is -3.00. The third-order valence-electron chi connectivity index (χ3n) is 5.91. The van der Waals surface area contributed by atoms with Crippen LogP contribution in [0.2, 0.25) is 0 Å². The van der Waals surface area contributed by atoms with Gasteiger partial charge in [-0.05, 0) is 67.0 Å². The minimum absolute atomic E-state index is 0. The van der Waals surface area contributed by atoms with Gasteiger partial charge in [-0.1, -0.05) is 36.4 Å². The molecule has 1 aliphatic carbocycles. The van der Waals surface area contributed by atoms with Crippen molar-refractivity contribution in [1.82, 2.24) is 10.3 Å². The van der Waals surface area contributed by atoms with Gasteiger partial charge in [-0.3, -0.25) is 4.79 Å². The zero-order chi connectivity index (χ0) is 23.2. The van der Waals surface area contributed by atoms with Crippen molar-refractivity contribution in [2.24, 2.45) is 5.73 Å². The summed E-state index contributed by atoms with van der Waals surface area (Å²) in [6.45, 7) is 0.109. The molecule has 4 N–H and O–H groups in total. The number of benzene rings is 2. The first-order valence-electron chi connectivity index (χ1n) is 11.2. The highest BCUT2D eigenvalue weighted by molar-refractivity contribution is 5.96. The molecule has 1 aromatic heterocycles. The fourth-order valence-electron chi connectivity index (χ4n) is 4.04. The lowest BCUT2D eigenvalue weighted by molar-refractivity contribution is 0.0922. The van der Waals surface area contributed by atoms with Gasteiger partial charge in [0.1, 0.15) is 17.1 Å². The summed E-state index contributed by atoms with van der Waals surface area (Å²) in [7, 11) is 0. The Morgan fingerprint density at radius 2 is 1.82 bits per heavy atom. The lowest BCUT2D eigenvalue weighted by atomic mass is 9.91. The van der Waals surface area contributed by atoms with Gasteiger partial charge >= 0.3 is 0 Å². The lowest BCUT2D eigenvalue weighted by Crippen LogP contribution is -2.40. The molecule has 1 saturated carbocycles. The summed E-state index contributed by atoms with van der Waals surface area (Å²) in [5.74, 6) is -0.469. The van der Waals surface area contributed by atoms with Gasteiger partial charge in [-0.25, -0.2) is 9.37 Å². The number of aromatic nitrogens is 1. The van der Waals surface area contributed by atoms with Gasteiger partial charge < -0.3 is 20.9 Å². The van der Waals surface area contributed by atoms with Crippen LogP contribution < -0.4 is 15.8 Å². The molecule has 1 heterocycles. The van der Waals surface area contributed by atoms with E-state index in [2.05, 4.69) is 10.3 Å². The molecule has 0 bridgehead atoms. The molecular weight excluding hydrogens is 457 g/mol. The second kappa shape index (κ2) is 11.9. The van der Waals surface area contributed by atoms with Crippen molar-refractivity contribution in [2.45, 2.75) is 44.2 Å². The van der Waals surface area contributed by atoms with Crippen LogP contribution in [0.5, 0.6) is 11.6 Å². The van der Waals surface area contributed by atoms with Crippen LogP contribution in [0.4, 0.5) is 4.39 Å². The minimum Gasteiger partial charge on any atom is -0.438 e. The van der Waals surface area contributed by atoms with Crippen molar-refractivity contribution in [3.05, 3.63) is 77.7 Å². The second-order valence-corrected chi connectivity index (χ2v) is 8.39. The summed E-state index contributed by atoms with van der Waals surface area (Å²) < 4.78 is 19.8. The molecule has 0 aliphatic heterocycles. The number of carbonyl (C=O) groups is 1. The molecule has 34 heavy (non-hydrogen) atoms. The first-order chi connectivity index (χ1) is 16.0. The number of hydrogen-bond donors (Lipinski definition) is 3. The van der Waals surface area contributed by atoms with E-state index in [0.29, 0.717) is 12.2 Å². The Labute approximate surface area is 204 Å². The predicted octanol–water partition coefficient (Wildman–Crippen LogP) is 4.64. The Morgan fingerprint density at radius 3 is 2.53 bits per heavy atom. The number of nitrogens with two attached hydrogens (primary N) is 1. The topological polar surface area (TPSA) is 97.5 Å². The smallest absolute Gasteiger partial charge is 0.257 e. The van der Waals surface area contributed by atoms with E-state index in [9.17, 15) is 9.18 Å². The number of ether oxygens (including phenoxy) is 1. The molecule has 2 aromatic carbocycles. The van der Waals surface area contributed by atoms with Crippen LogP contribution in [-0.2, 0) is 6.42 Å². The molecule has 0 unspecified atom stereocenters. The molecular formula is C26H29ClFN3O3. The average Bonchev–Trinajstić information content (AvgIpc) is 2.82. The summed E-state index contributed by atoms with van der Waals surface area (Å²) in [5, 5.41) is 12.0. The normalized spacial score (nSPS) is 17.5. The van der Waals surface area contributed by atoms with Gasteiger partial charge in [0.2, 0.25) is 5.88 Å². The Balaban J connectivity index is 0.00000324. The number of nitrogens with zero attached hydrogens (tertiary/aromatic N) is 1. The zero-order valence-electron chi connectivity index (χ0n) is 18.7. The van der Waals surface area contributed by atoms with E-state index in [4.69, 9.17) is 15.6 Å². The van der Waals surface area contributed by atoms with Gasteiger partial charge in [0.15, 0.2) is 0 Å². The maximum atomic E-state index is 13.9. The first-order valence-corrected chi connectivity index (χ1v) is 11.2. The Kier molecular flexibility index (Phi) is 8.98. The van der Waals surface area contributed by atoms with Gasteiger partial charge in [-0.15, -0.1) is 12.4 Å². The molecule has 8 heteroatoms. The average molecular weight is 486 g/mol. The molecule has 0 radical (unpaired) electrons. The van der Waals surface area contributed by atoms with Crippen molar-refractivity contribution in [2.75, 3.05) is 6.61 Å². The monoisotopic (exact) mass is 485 g/mol. The van der Waals surface area contributed by atoms with E-state index >= 15 is 0 Å². The summed E-state index contributed by atoms with van der Waals surface area (Å²) in [4.78, 5) is 16.9. The number of halogens is 2. The Morgan fingerprint density at radius 1 is 1.09 bits per heavy atom. The molecule has 0 atom stereocenters. The maximum Gasteiger partial charge on any atom is 0.257 e. The van der Waals surface area contributed by atoms with Gasteiger partial charge in [0.05, 0.1) is 6.20 Å². The van der Waals surface area contributed by atoms with Crippen molar-refractivity contribution in [3.63, 3.8) is 0 Å². The summed E-state index contributed by atoms with van der Waals surface area (Å²) in [6.07, 6.45) is 4.94. The molecule has 4 rings (SSSR count). The summed E-state index contributed by atoms with van der Waals surface area (Å²) in [6, 6.07) is 16.6. The van der Waals surface area contributed by atoms with Crippen LogP contribution in [-0.4, -0.2) is 34.7 Å². The molecule has 0 saturated heterocycles. The van der Waals surface area contributed by atoms with Crippen molar-refractivity contribution in [1.29, 1.82) is 0 Å². The van der Waals surface area contributed by atoms with Crippen LogP contribution in [0.3, 0.4) is 0 Å². The zero-order valence-corrected chi connectivity index (χ0v) is 19.6. The molecule has 0 spiro atoms. The van der Waals surface area contributed by atoms with Crippen molar-refractivity contribution in [3.8, 4) is 22.8 Å². The largest absolute Gasteiger partial charge is 0.438 e. The quantitative estimate of drug-likeness (QED) is 0.453. The number of aliphatic hydroxyl groups excluding tert-OH is 1. The lowest BCUT2D eigenvalue weighted by Gasteiger charge is -2.27. The standard InChI is InChI=1S/C26H28FN3O3.ClH/c27-20-15-24(25(32)30-22-10-8-21(28)9-11-22)26(29-16-20)33-23-3-1-2-19(14-23)18-6-4-17(5-7-18)12-13-31;/h1-7,14-16,21-22,31H,8-13,28H2,(H,30,32);1H. The summed E-state index contributed by atoms with van der Waals surface area (Å²) >= 11 is 0. The third-order valence-corrected chi connectivity index (χ3v) is 5.91. The Bertz CT molecular complexity index is 1100. The first kappa shape index (κ1) is 25.6. The molecule has 1 amide bonds. The number of carbonyl (C=O) groups excluding carboxylic acids is 1. The van der Waals surface area contributed by atoms with E-state index in [0.717, 1.165) is 54.6 Å². The van der Waals surface area contributed by atoms with Crippen LogP contribution in [0.15, 0.2) is 60.8 Å². The third kappa shape index (κ3) is 6.53. The molecule has 1 aliphatic rings. The summed E-state index contributed by atoms with van der Waals surface area (Å²) in [5.41, 5.74) is 8.97. The van der Waals surface area contributed by atoms with E-state index in [-0.39, 0.29) is 42.5 Å². The SMILES string of the molecule is Cl.NC1CCC(NC(=O)c2cc(F)cnc2Oc2cccc(-c3ccc(CCO)cc3)c2)CC1. The van der Waals surface area contributed by atoms with Crippen molar-refractivity contribution >= 4 is 18.3 Å². The molecule has 3 aromatic rings. The molecule has 1 fully saturated rings. The second-order valence-electron chi connectivity index (χ2n) is 8.39. The minimum atomic E-state index is -0.602. The number of amides is 1. The van der Waals surface area contributed by atoms with E-state index in [1.54, 1.807) is 6.07 Å². The highest BCUT2D eigenvalue weighted by Gasteiger charge is 2.23. The molecule has 180 valence electrons. The van der Waals surface area contributed by atoms with Crippen molar-refractivity contribution < 1.29 is 19.0 Å². The van der Waals surface area contributed by atoms with E-state index < -0.39 is 11.7 Å². The van der Waals surface area contributed by atoms with E-state index in [1.165, 1.54) is 0 Å². The van der Waals surface area contributed by atoms with Crippen LogP contribution in [0.25, 0.3) is 11.1 Å². The van der Waals surface area contributed by atoms with Crippen LogP contribution >= 0.6 is 12.4 Å². The highest BCUT2D eigenvalue weighted by atomic mass is 35.5.